The Morgan fingerprint density at radius 3 is 2.61 bits per heavy atom. The number of nitrogens with zero attached hydrogens (tertiary/aromatic N) is 1. The van der Waals surface area contributed by atoms with Crippen LogP contribution >= 0.6 is 0 Å². The second kappa shape index (κ2) is 4.03. The SMILES string of the molecule is OC12CCCCC13CC1(CN(CC4CCC4)C12)c1ccccc13. The van der Waals surface area contributed by atoms with E-state index >= 15 is 0 Å². The highest BCUT2D eigenvalue weighted by Gasteiger charge is 2.80. The van der Waals surface area contributed by atoms with Crippen molar-refractivity contribution in [2.45, 2.75) is 73.8 Å². The van der Waals surface area contributed by atoms with Gasteiger partial charge in [-0.05, 0) is 49.1 Å². The van der Waals surface area contributed by atoms with Crippen LogP contribution in [0.3, 0.4) is 0 Å². The average Bonchev–Trinajstić information content (AvgIpc) is 2.88. The van der Waals surface area contributed by atoms with E-state index < -0.39 is 5.60 Å². The molecule has 5 aliphatic rings. The number of rotatable bonds is 2. The summed E-state index contributed by atoms with van der Waals surface area (Å²) >= 11 is 0. The summed E-state index contributed by atoms with van der Waals surface area (Å²) < 4.78 is 0. The van der Waals surface area contributed by atoms with E-state index in [-0.39, 0.29) is 10.8 Å². The quantitative estimate of drug-likeness (QED) is 0.905. The highest BCUT2D eigenvalue weighted by atomic mass is 16.3. The molecule has 2 nitrogen and oxygen atoms in total. The molecule has 2 bridgehead atoms. The molecule has 23 heavy (non-hydrogen) atoms. The summed E-state index contributed by atoms with van der Waals surface area (Å²) in [4.78, 5) is 2.69. The van der Waals surface area contributed by atoms with Gasteiger partial charge >= 0.3 is 0 Å². The minimum Gasteiger partial charge on any atom is -0.387 e. The Balaban J connectivity index is 1.48. The zero-order valence-corrected chi connectivity index (χ0v) is 13.9. The lowest BCUT2D eigenvalue weighted by molar-refractivity contribution is -0.151. The summed E-state index contributed by atoms with van der Waals surface area (Å²) in [7, 11) is 0. The summed E-state index contributed by atoms with van der Waals surface area (Å²) in [5.74, 6) is 0.907. The summed E-state index contributed by atoms with van der Waals surface area (Å²) in [6.07, 6.45) is 10.2. The average molecular weight is 309 g/mol. The molecular formula is C21H27NO. The van der Waals surface area contributed by atoms with Crippen LogP contribution in [0.4, 0.5) is 0 Å². The Labute approximate surface area is 138 Å². The standard InChI is InChI=1S/C21H27NO/c23-21-11-4-3-10-20(21)13-19(16-8-1-2-9-17(16)20)14-22(18(19)21)12-15-6-5-7-15/h1-2,8-9,15,18,23H,3-7,10-14H2. The Hall–Kier alpha value is -0.860. The molecular weight excluding hydrogens is 282 g/mol. The number of fused-ring (bicyclic) bond motifs is 2. The van der Waals surface area contributed by atoms with Crippen molar-refractivity contribution in [2.75, 3.05) is 13.1 Å². The van der Waals surface area contributed by atoms with E-state index in [1.54, 1.807) is 5.56 Å². The maximum absolute atomic E-state index is 12.0. The lowest BCUT2D eigenvalue weighted by atomic mass is 9.55. The van der Waals surface area contributed by atoms with Crippen LogP contribution in [0.25, 0.3) is 0 Å². The van der Waals surface area contributed by atoms with Crippen molar-refractivity contribution in [3.8, 4) is 0 Å². The smallest absolute Gasteiger partial charge is 0.0907 e. The van der Waals surface area contributed by atoms with Gasteiger partial charge in [0, 0.05) is 23.9 Å². The maximum Gasteiger partial charge on any atom is 0.0907 e. The third-order valence-electron chi connectivity index (χ3n) is 8.38. The van der Waals surface area contributed by atoms with Crippen LogP contribution in [-0.4, -0.2) is 34.7 Å². The molecule has 2 spiro atoms. The predicted octanol–water partition coefficient (Wildman–Crippen LogP) is 3.37. The molecule has 4 fully saturated rings. The zero-order chi connectivity index (χ0) is 15.3. The third kappa shape index (κ3) is 1.30. The number of benzene rings is 1. The summed E-state index contributed by atoms with van der Waals surface area (Å²) in [6, 6.07) is 9.54. The largest absolute Gasteiger partial charge is 0.387 e. The lowest BCUT2D eigenvalue weighted by Crippen LogP contribution is -2.75. The van der Waals surface area contributed by atoms with Crippen LogP contribution in [0.1, 0.15) is 62.5 Å². The van der Waals surface area contributed by atoms with Gasteiger partial charge in [0.15, 0.2) is 0 Å². The first-order chi connectivity index (χ1) is 11.2. The molecule has 1 aliphatic heterocycles. The van der Waals surface area contributed by atoms with Crippen molar-refractivity contribution < 1.29 is 5.11 Å². The van der Waals surface area contributed by atoms with E-state index in [9.17, 15) is 5.11 Å². The minimum absolute atomic E-state index is 0.0703. The van der Waals surface area contributed by atoms with Gasteiger partial charge in [0.2, 0.25) is 0 Å². The molecule has 6 rings (SSSR count). The highest BCUT2D eigenvalue weighted by molar-refractivity contribution is 5.59. The van der Waals surface area contributed by atoms with Crippen molar-refractivity contribution in [2.24, 2.45) is 5.92 Å². The lowest BCUT2D eigenvalue weighted by Gasteiger charge is -2.63. The maximum atomic E-state index is 12.0. The second-order valence-corrected chi connectivity index (χ2v) is 9.22. The molecule has 4 atom stereocenters. The molecule has 1 aromatic carbocycles. The molecule has 0 radical (unpaired) electrons. The topological polar surface area (TPSA) is 23.5 Å². The van der Waals surface area contributed by atoms with Gasteiger partial charge in [-0.1, -0.05) is 43.5 Å². The summed E-state index contributed by atoms with van der Waals surface area (Å²) in [5, 5.41) is 12.0. The van der Waals surface area contributed by atoms with Crippen LogP contribution < -0.4 is 0 Å². The molecule has 0 amide bonds. The van der Waals surface area contributed by atoms with Crippen molar-refractivity contribution >= 4 is 0 Å². The van der Waals surface area contributed by atoms with Gasteiger partial charge in [-0.2, -0.15) is 0 Å². The van der Waals surface area contributed by atoms with E-state index in [0.717, 1.165) is 12.3 Å². The van der Waals surface area contributed by atoms with Gasteiger partial charge in [0.25, 0.3) is 0 Å². The Morgan fingerprint density at radius 2 is 1.83 bits per heavy atom. The van der Waals surface area contributed by atoms with Crippen LogP contribution in [0.2, 0.25) is 0 Å². The van der Waals surface area contributed by atoms with Crippen LogP contribution in [0.5, 0.6) is 0 Å². The van der Waals surface area contributed by atoms with Gasteiger partial charge in [-0.15, -0.1) is 0 Å². The normalized spacial score (nSPS) is 47.4. The predicted molar refractivity (Wildman–Crippen MR) is 90.5 cm³/mol. The van der Waals surface area contributed by atoms with E-state index in [2.05, 4.69) is 29.2 Å². The van der Waals surface area contributed by atoms with Crippen molar-refractivity contribution in [3.63, 3.8) is 0 Å². The van der Waals surface area contributed by atoms with Gasteiger partial charge in [0.1, 0.15) is 0 Å². The molecule has 2 heteroatoms. The number of hydrogen-bond donors (Lipinski definition) is 1. The van der Waals surface area contributed by atoms with Crippen LogP contribution in [0.15, 0.2) is 24.3 Å². The number of likely N-dealkylation sites (tertiary alicyclic amines) is 1. The summed E-state index contributed by atoms with van der Waals surface area (Å²) in [5.41, 5.74) is 3.00. The molecule has 1 N–H and O–H groups in total. The van der Waals surface area contributed by atoms with Crippen molar-refractivity contribution in [1.82, 2.24) is 4.90 Å². The van der Waals surface area contributed by atoms with Crippen LogP contribution in [0, 0.1) is 5.92 Å². The molecule has 1 saturated heterocycles. The molecule has 4 unspecified atom stereocenters. The van der Waals surface area contributed by atoms with E-state index in [0.29, 0.717) is 6.04 Å². The van der Waals surface area contributed by atoms with E-state index in [1.165, 1.54) is 63.6 Å². The first kappa shape index (κ1) is 13.4. The Bertz CT molecular complexity index is 682. The van der Waals surface area contributed by atoms with Gasteiger partial charge in [-0.3, -0.25) is 4.90 Å². The first-order valence-electron chi connectivity index (χ1n) is 9.76. The highest BCUT2D eigenvalue weighted by Crippen LogP contribution is 2.73. The fraction of sp³-hybridized carbons (Fsp3) is 0.714. The fourth-order valence-corrected chi connectivity index (χ4v) is 7.45. The van der Waals surface area contributed by atoms with Gasteiger partial charge in [-0.25, -0.2) is 0 Å². The van der Waals surface area contributed by atoms with E-state index in [1.807, 2.05) is 0 Å². The van der Waals surface area contributed by atoms with Crippen molar-refractivity contribution in [1.29, 1.82) is 0 Å². The molecule has 122 valence electrons. The molecule has 1 heterocycles. The third-order valence-corrected chi connectivity index (χ3v) is 8.38. The number of aliphatic hydroxyl groups is 1. The van der Waals surface area contributed by atoms with Crippen LogP contribution in [-0.2, 0) is 10.8 Å². The Morgan fingerprint density at radius 1 is 1.04 bits per heavy atom. The molecule has 0 aromatic heterocycles. The van der Waals surface area contributed by atoms with Gasteiger partial charge < -0.3 is 5.11 Å². The number of hydrogen-bond acceptors (Lipinski definition) is 2. The Kier molecular flexibility index (Phi) is 2.35. The summed E-state index contributed by atoms with van der Waals surface area (Å²) in [6.45, 7) is 2.45. The monoisotopic (exact) mass is 309 g/mol. The fourth-order valence-electron chi connectivity index (χ4n) is 7.45. The second-order valence-electron chi connectivity index (χ2n) is 9.22. The zero-order valence-electron chi connectivity index (χ0n) is 13.9. The molecule has 3 saturated carbocycles. The van der Waals surface area contributed by atoms with Gasteiger partial charge in [0.05, 0.1) is 11.6 Å². The first-order valence-corrected chi connectivity index (χ1v) is 9.76. The minimum atomic E-state index is -0.457. The molecule has 4 aliphatic carbocycles. The van der Waals surface area contributed by atoms with E-state index in [4.69, 9.17) is 0 Å². The van der Waals surface area contributed by atoms with Crippen molar-refractivity contribution in [3.05, 3.63) is 35.4 Å². The molecule has 1 aromatic rings.